The third kappa shape index (κ3) is 13.0. The van der Waals surface area contributed by atoms with Gasteiger partial charge in [-0.05, 0) is 49.9 Å². The fraction of sp³-hybridized carbons (Fsp3) is 0.667. The second-order valence-electron chi connectivity index (χ2n) is 11.7. The van der Waals surface area contributed by atoms with Gasteiger partial charge in [-0.25, -0.2) is 0 Å². The predicted octanol–water partition coefficient (Wildman–Crippen LogP) is 9.35. The summed E-state index contributed by atoms with van der Waals surface area (Å²) in [6.07, 6.45) is 21.6. The van der Waals surface area contributed by atoms with Crippen molar-refractivity contribution in [1.82, 2.24) is 19.8 Å². The first-order valence-electron chi connectivity index (χ1n) is 17.1. The Labute approximate surface area is 256 Å². The van der Waals surface area contributed by atoms with E-state index in [0.29, 0.717) is 22.5 Å². The normalized spacial score (nSPS) is 11.0. The minimum absolute atomic E-state index is 0.0595. The van der Waals surface area contributed by atoms with Crippen LogP contribution in [0, 0.1) is 0 Å². The van der Waals surface area contributed by atoms with E-state index in [9.17, 15) is 9.59 Å². The largest absolute Gasteiger partial charge is 0.339 e. The first-order chi connectivity index (χ1) is 20.5. The summed E-state index contributed by atoms with van der Waals surface area (Å²) in [5, 5.41) is 0. The Bertz CT molecular complexity index is 919. The van der Waals surface area contributed by atoms with E-state index in [0.717, 1.165) is 77.5 Å². The van der Waals surface area contributed by atoms with E-state index < -0.39 is 0 Å². The van der Waals surface area contributed by atoms with Crippen molar-refractivity contribution < 1.29 is 9.59 Å². The van der Waals surface area contributed by atoms with E-state index in [-0.39, 0.29) is 11.8 Å². The van der Waals surface area contributed by atoms with Gasteiger partial charge in [0.2, 0.25) is 0 Å². The second kappa shape index (κ2) is 21.9. The molecule has 0 unspecified atom stereocenters. The number of amides is 2. The Morgan fingerprint density at radius 1 is 0.500 bits per heavy atom. The lowest BCUT2D eigenvalue weighted by atomic mass is 10.1. The summed E-state index contributed by atoms with van der Waals surface area (Å²) in [6, 6.07) is 7.30. The van der Waals surface area contributed by atoms with Crippen LogP contribution in [0.4, 0.5) is 0 Å². The van der Waals surface area contributed by atoms with Crippen molar-refractivity contribution in [2.24, 2.45) is 0 Å². The van der Waals surface area contributed by atoms with Crippen LogP contribution >= 0.6 is 0 Å². The molecule has 0 radical (unpaired) electrons. The van der Waals surface area contributed by atoms with E-state index in [1.807, 2.05) is 21.9 Å². The maximum atomic E-state index is 13.6. The summed E-state index contributed by atoms with van der Waals surface area (Å²) >= 11 is 0. The molecule has 2 aromatic heterocycles. The standard InChI is InChI=1S/C36H58N4O2/c1-5-9-13-17-25-39(26-18-14-10-6-2)35(41)31-21-23-37-33(29-31)34-30-32(22-24-38-34)36(42)40(27-19-15-11-7-3)28-20-16-12-8-4/h21-24,29-30H,5-20,25-28H2,1-4H3. The van der Waals surface area contributed by atoms with E-state index in [4.69, 9.17) is 0 Å². The molecule has 6 heteroatoms. The molecule has 0 atom stereocenters. The first-order valence-corrected chi connectivity index (χ1v) is 17.1. The lowest BCUT2D eigenvalue weighted by Crippen LogP contribution is -2.33. The Morgan fingerprint density at radius 2 is 0.810 bits per heavy atom. The Kier molecular flexibility index (Phi) is 18.5. The van der Waals surface area contributed by atoms with Crippen molar-refractivity contribution >= 4 is 11.8 Å². The molecule has 2 amide bonds. The summed E-state index contributed by atoms with van der Waals surface area (Å²) < 4.78 is 0. The third-order valence-corrected chi connectivity index (χ3v) is 7.98. The van der Waals surface area contributed by atoms with Crippen molar-refractivity contribution in [3.63, 3.8) is 0 Å². The SMILES string of the molecule is CCCCCCN(CCCCCC)C(=O)c1ccnc(-c2cc(C(=O)N(CCCCCC)CCCCCC)ccn2)c1. The number of carbonyl (C=O) groups excluding carboxylic acids is 2. The van der Waals surface area contributed by atoms with Gasteiger partial charge in [-0.2, -0.15) is 0 Å². The molecular weight excluding hydrogens is 520 g/mol. The van der Waals surface area contributed by atoms with Gasteiger partial charge in [-0.1, -0.05) is 105 Å². The molecule has 0 saturated carbocycles. The summed E-state index contributed by atoms with van der Waals surface area (Å²) in [6.45, 7) is 12.0. The highest BCUT2D eigenvalue weighted by molar-refractivity contribution is 5.96. The van der Waals surface area contributed by atoms with Crippen LogP contribution in [0.3, 0.4) is 0 Å². The molecule has 0 N–H and O–H groups in total. The number of pyridine rings is 2. The average Bonchev–Trinajstić information content (AvgIpc) is 3.02. The van der Waals surface area contributed by atoms with Gasteiger partial charge >= 0.3 is 0 Å². The summed E-state index contributed by atoms with van der Waals surface area (Å²) in [5.41, 5.74) is 2.53. The van der Waals surface area contributed by atoms with Crippen LogP contribution in [0.1, 0.15) is 151 Å². The van der Waals surface area contributed by atoms with Crippen molar-refractivity contribution in [2.45, 2.75) is 130 Å². The molecule has 2 rings (SSSR count). The fourth-order valence-corrected chi connectivity index (χ4v) is 5.32. The Hall–Kier alpha value is -2.76. The van der Waals surface area contributed by atoms with Gasteiger partial charge in [-0.15, -0.1) is 0 Å². The smallest absolute Gasteiger partial charge is 0.253 e. The molecule has 0 bridgehead atoms. The monoisotopic (exact) mass is 578 g/mol. The molecule has 0 fully saturated rings. The minimum atomic E-state index is 0.0595. The molecule has 6 nitrogen and oxygen atoms in total. The lowest BCUT2D eigenvalue weighted by Gasteiger charge is -2.23. The van der Waals surface area contributed by atoms with Gasteiger partial charge in [-0.3, -0.25) is 19.6 Å². The quantitative estimate of drug-likeness (QED) is 0.123. The number of hydrogen-bond donors (Lipinski definition) is 0. The lowest BCUT2D eigenvalue weighted by molar-refractivity contribution is 0.0741. The van der Waals surface area contributed by atoms with Crippen molar-refractivity contribution in [1.29, 1.82) is 0 Å². The van der Waals surface area contributed by atoms with Gasteiger partial charge in [0, 0.05) is 49.7 Å². The maximum absolute atomic E-state index is 13.6. The highest BCUT2D eigenvalue weighted by atomic mass is 16.2. The third-order valence-electron chi connectivity index (χ3n) is 7.98. The van der Waals surface area contributed by atoms with E-state index >= 15 is 0 Å². The zero-order valence-corrected chi connectivity index (χ0v) is 27.2. The molecule has 0 aromatic carbocycles. The molecule has 0 aliphatic carbocycles. The topological polar surface area (TPSA) is 66.4 Å². The molecule has 2 aromatic rings. The maximum Gasteiger partial charge on any atom is 0.253 e. The molecule has 0 aliphatic rings. The van der Waals surface area contributed by atoms with Crippen LogP contribution in [0.25, 0.3) is 11.4 Å². The Balaban J connectivity index is 2.19. The molecule has 0 spiro atoms. The summed E-state index contributed by atoms with van der Waals surface area (Å²) in [4.78, 5) is 40.4. The minimum Gasteiger partial charge on any atom is -0.339 e. The zero-order valence-electron chi connectivity index (χ0n) is 27.2. The second-order valence-corrected chi connectivity index (χ2v) is 11.7. The number of unbranched alkanes of at least 4 members (excludes halogenated alkanes) is 12. The molecule has 0 aliphatic heterocycles. The van der Waals surface area contributed by atoms with Crippen LogP contribution in [0.5, 0.6) is 0 Å². The van der Waals surface area contributed by atoms with Gasteiger partial charge in [0.25, 0.3) is 11.8 Å². The van der Waals surface area contributed by atoms with Crippen LogP contribution in [0.2, 0.25) is 0 Å². The van der Waals surface area contributed by atoms with Crippen LogP contribution in [-0.4, -0.2) is 57.8 Å². The highest BCUT2D eigenvalue weighted by Crippen LogP contribution is 2.20. The number of aromatic nitrogens is 2. The highest BCUT2D eigenvalue weighted by Gasteiger charge is 2.19. The van der Waals surface area contributed by atoms with Crippen LogP contribution < -0.4 is 0 Å². The average molecular weight is 579 g/mol. The number of rotatable bonds is 23. The summed E-state index contributed by atoms with van der Waals surface area (Å²) in [5.74, 6) is 0.119. The number of carbonyl (C=O) groups is 2. The molecule has 0 saturated heterocycles. The van der Waals surface area contributed by atoms with E-state index in [1.54, 1.807) is 24.5 Å². The fourth-order valence-electron chi connectivity index (χ4n) is 5.32. The van der Waals surface area contributed by atoms with Gasteiger partial charge in [0.15, 0.2) is 0 Å². The van der Waals surface area contributed by atoms with Crippen molar-refractivity contribution in [3.8, 4) is 11.4 Å². The molecule has 42 heavy (non-hydrogen) atoms. The molecule has 234 valence electrons. The van der Waals surface area contributed by atoms with Crippen LogP contribution in [0.15, 0.2) is 36.7 Å². The van der Waals surface area contributed by atoms with E-state index in [2.05, 4.69) is 37.7 Å². The predicted molar refractivity (Wildman–Crippen MR) is 176 cm³/mol. The van der Waals surface area contributed by atoms with Gasteiger partial charge in [0.05, 0.1) is 11.4 Å². The summed E-state index contributed by atoms with van der Waals surface area (Å²) in [7, 11) is 0. The van der Waals surface area contributed by atoms with Crippen molar-refractivity contribution in [3.05, 3.63) is 47.8 Å². The Morgan fingerprint density at radius 3 is 1.10 bits per heavy atom. The van der Waals surface area contributed by atoms with Gasteiger partial charge < -0.3 is 9.80 Å². The molecular formula is C36H58N4O2. The van der Waals surface area contributed by atoms with E-state index in [1.165, 1.54) is 51.4 Å². The van der Waals surface area contributed by atoms with Crippen molar-refractivity contribution in [2.75, 3.05) is 26.2 Å². The molecule has 2 heterocycles. The number of hydrogen-bond acceptors (Lipinski definition) is 4. The number of nitrogens with zero attached hydrogens (tertiary/aromatic N) is 4. The van der Waals surface area contributed by atoms with Crippen LogP contribution in [-0.2, 0) is 0 Å². The van der Waals surface area contributed by atoms with Gasteiger partial charge in [0.1, 0.15) is 0 Å². The zero-order chi connectivity index (χ0) is 30.4. The first kappa shape index (κ1) is 35.4.